The number of aliphatic imine (C=N–C) groups is 1. The number of guanidine groups is 1. The number of aromatic nitrogens is 1. The number of pyridine rings is 1. The smallest absolute Gasteiger partial charge is 0.370 e. The van der Waals surface area contributed by atoms with Crippen molar-refractivity contribution in [3.05, 3.63) is 24.4 Å². The molecular weight excluding hydrogens is 408 g/mol. The number of anilines is 1. The van der Waals surface area contributed by atoms with Crippen molar-refractivity contribution in [1.82, 2.24) is 4.98 Å². The topological polar surface area (TPSA) is 63.3 Å². The molecular formula is C14H20F3IN4. The van der Waals surface area contributed by atoms with Crippen molar-refractivity contribution in [3.8, 4) is 0 Å². The second-order valence-corrected chi connectivity index (χ2v) is 5.33. The van der Waals surface area contributed by atoms with Crippen LogP contribution in [0.4, 0.5) is 19.0 Å². The van der Waals surface area contributed by atoms with Crippen LogP contribution in [0.15, 0.2) is 29.4 Å². The van der Waals surface area contributed by atoms with Gasteiger partial charge in [0, 0.05) is 12.7 Å². The molecule has 0 bridgehead atoms. The van der Waals surface area contributed by atoms with Gasteiger partial charge in [-0.3, -0.25) is 4.99 Å². The van der Waals surface area contributed by atoms with Crippen LogP contribution in [-0.4, -0.2) is 23.7 Å². The van der Waals surface area contributed by atoms with Gasteiger partial charge in [0.1, 0.15) is 5.82 Å². The minimum absolute atomic E-state index is 0. The molecule has 1 fully saturated rings. The first-order valence-corrected chi connectivity index (χ1v) is 7.00. The van der Waals surface area contributed by atoms with E-state index in [1.165, 1.54) is 0 Å². The van der Waals surface area contributed by atoms with E-state index in [0.717, 1.165) is 0 Å². The molecule has 0 radical (unpaired) electrons. The first-order chi connectivity index (χ1) is 9.95. The third-order valence-corrected chi connectivity index (χ3v) is 3.75. The first kappa shape index (κ1) is 19.0. The van der Waals surface area contributed by atoms with E-state index in [2.05, 4.69) is 15.3 Å². The average Bonchev–Trinajstić information content (AvgIpc) is 2.46. The molecule has 1 heterocycles. The fourth-order valence-electron chi connectivity index (χ4n) is 2.51. The molecule has 4 nitrogen and oxygen atoms in total. The normalized spacial score (nSPS) is 22.8. The molecule has 0 unspecified atom stereocenters. The van der Waals surface area contributed by atoms with Crippen molar-refractivity contribution >= 4 is 35.8 Å². The van der Waals surface area contributed by atoms with E-state index in [1.54, 1.807) is 18.3 Å². The lowest BCUT2D eigenvalue weighted by atomic mass is 9.82. The zero-order chi connectivity index (χ0) is 15.3. The van der Waals surface area contributed by atoms with Crippen molar-refractivity contribution in [2.45, 2.75) is 31.9 Å². The van der Waals surface area contributed by atoms with Crippen molar-refractivity contribution in [2.24, 2.45) is 22.6 Å². The average molecular weight is 428 g/mol. The van der Waals surface area contributed by atoms with Crippen LogP contribution in [0.3, 0.4) is 0 Å². The van der Waals surface area contributed by atoms with Gasteiger partial charge in [0.2, 0.25) is 0 Å². The Labute approximate surface area is 144 Å². The molecule has 8 heteroatoms. The van der Waals surface area contributed by atoms with E-state index in [1.807, 2.05) is 6.07 Å². The Morgan fingerprint density at radius 2 is 1.95 bits per heavy atom. The zero-order valence-electron chi connectivity index (χ0n) is 12.0. The Kier molecular flexibility index (Phi) is 7.37. The molecule has 1 aromatic heterocycles. The highest BCUT2D eigenvalue weighted by Gasteiger charge is 2.41. The second kappa shape index (κ2) is 8.54. The van der Waals surface area contributed by atoms with E-state index in [9.17, 15) is 13.2 Å². The lowest BCUT2D eigenvalue weighted by molar-refractivity contribution is -0.183. The van der Waals surface area contributed by atoms with Crippen LogP contribution in [0.1, 0.15) is 25.7 Å². The maximum Gasteiger partial charge on any atom is 0.391 e. The Balaban J connectivity index is 0.00000242. The van der Waals surface area contributed by atoms with Gasteiger partial charge < -0.3 is 11.1 Å². The monoisotopic (exact) mass is 428 g/mol. The van der Waals surface area contributed by atoms with Gasteiger partial charge in [-0.25, -0.2) is 4.98 Å². The largest absolute Gasteiger partial charge is 0.391 e. The van der Waals surface area contributed by atoms with Crippen LogP contribution in [0, 0.1) is 11.8 Å². The summed E-state index contributed by atoms with van der Waals surface area (Å²) < 4.78 is 37.7. The number of alkyl halides is 3. The molecule has 22 heavy (non-hydrogen) atoms. The third kappa shape index (κ3) is 5.98. The lowest BCUT2D eigenvalue weighted by Gasteiger charge is -2.29. The van der Waals surface area contributed by atoms with Gasteiger partial charge in [-0.1, -0.05) is 6.07 Å². The van der Waals surface area contributed by atoms with Crippen molar-refractivity contribution < 1.29 is 13.2 Å². The van der Waals surface area contributed by atoms with Crippen molar-refractivity contribution in [3.63, 3.8) is 0 Å². The highest BCUT2D eigenvalue weighted by Crippen LogP contribution is 2.39. The number of nitrogens with zero attached hydrogens (tertiary/aromatic N) is 2. The van der Waals surface area contributed by atoms with Gasteiger partial charge in [0.15, 0.2) is 5.96 Å². The summed E-state index contributed by atoms with van der Waals surface area (Å²) in [5.41, 5.74) is 5.74. The van der Waals surface area contributed by atoms with Crippen LogP contribution in [0.25, 0.3) is 0 Å². The van der Waals surface area contributed by atoms with Gasteiger partial charge >= 0.3 is 6.18 Å². The van der Waals surface area contributed by atoms with Crippen LogP contribution >= 0.6 is 24.0 Å². The molecule has 0 atom stereocenters. The van der Waals surface area contributed by atoms with E-state index >= 15 is 0 Å². The summed E-state index contributed by atoms with van der Waals surface area (Å²) in [5.74, 6) is -0.138. The first-order valence-electron chi connectivity index (χ1n) is 7.00. The molecule has 1 aliphatic rings. The third-order valence-electron chi connectivity index (χ3n) is 3.75. The highest BCUT2D eigenvalue weighted by molar-refractivity contribution is 14.0. The molecule has 3 N–H and O–H groups in total. The molecule has 0 aliphatic heterocycles. The number of nitrogens with two attached hydrogens (primary N) is 1. The van der Waals surface area contributed by atoms with Gasteiger partial charge in [-0.05, 0) is 43.7 Å². The van der Waals surface area contributed by atoms with Crippen LogP contribution in [-0.2, 0) is 0 Å². The summed E-state index contributed by atoms with van der Waals surface area (Å²) in [4.78, 5) is 8.25. The number of nitrogens with one attached hydrogen (secondary N) is 1. The minimum Gasteiger partial charge on any atom is -0.370 e. The maximum absolute atomic E-state index is 12.6. The maximum atomic E-state index is 12.6. The van der Waals surface area contributed by atoms with Crippen molar-refractivity contribution in [2.75, 3.05) is 11.9 Å². The zero-order valence-corrected chi connectivity index (χ0v) is 14.3. The van der Waals surface area contributed by atoms with Gasteiger partial charge in [0.05, 0.1) is 5.92 Å². The summed E-state index contributed by atoms with van der Waals surface area (Å²) in [7, 11) is 0. The molecule has 1 aliphatic carbocycles. The van der Waals surface area contributed by atoms with E-state index in [-0.39, 0.29) is 48.7 Å². The second-order valence-electron chi connectivity index (χ2n) is 5.33. The van der Waals surface area contributed by atoms with E-state index in [4.69, 9.17) is 5.73 Å². The van der Waals surface area contributed by atoms with E-state index in [0.29, 0.717) is 25.2 Å². The Morgan fingerprint density at radius 1 is 1.27 bits per heavy atom. The molecule has 0 spiro atoms. The molecule has 2 rings (SSSR count). The van der Waals surface area contributed by atoms with Crippen LogP contribution in [0.2, 0.25) is 0 Å². The molecule has 0 amide bonds. The predicted octanol–water partition coefficient (Wildman–Crippen LogP) is 3.79. The van der Waals surface area contributed by atoms with Gasteiger partial charge in [-0.15, -0.1) is 24.0 Å². The number of rotatable bonds is 3. The molecule has 0 aromatic carbocycles. The summed E-state index contributed by atoms with van der Waals surface area (Å²) in [6, 6.07) is 5.37. The lowest BCUT2D eigenvalue weighted by Crippen LogP contribution is -2.29. The fraction of sp³-hybridized carbons (Fsp3) is 0.571. The highest BCUT2D eigenvalue weighted by atomic mass is 127. The number of halogens is 4. The van der Waals surface area contributed by atoms with Crippen molar-refractivity contribution in [1.29, 1.82) is 0 Å². The summed E-state index contributed by atoms with van der Waals surface area (Å²) in [6.07, 6.45) is -0.953. The van der Waals surface area contributed by atoms with Crippen LogP contribution in [0.5, 0.6) is 0 Å². The van der Waals surface area contributed by atoms with E-state index < -0.39 is 12.1 Å². The number of hydrogen-bond donors (Lipinski definition) is 2. The Bertz CT molecular complexity index is 471. The standard InChI is InChI=1S/C14H19F3N4.HI/c15-14(16,17)11-6-4-10(5-7-11)9-20-13(18)21-12-3-1-2-8-19-12;/h1-3,8,10-11H,4-7,9H2,(H3,18,19,20,21);1H. The van der Waals surface area contributed by atoms with Gasteiger partial charge in [-0.2, -0.15) is 13.2 Å². The minimum atomic E-state index is -4.06. The molecule has 1 aromatic rings. The van der Waals surface area contributed by atoms with Crippen LogP contribution < -0.4 is 11.1 Å². The fourth-order valence-corrected chi connectivity index (χ4v) is 2.51. The summed E-state index contributed by atoms with van der Waals surface area (Å²) in [5, 5.41) is 2.85. The Morgan fingerprint density at radius 3 is 2.50 bits per heavy atom. The van der Waals surface area contributed by atoms with Gasteiger partial charge in [0.25, 0.3) is 0 Å². The SMILES string of the molecule is I.NC(=NCC1CCC(C(F)(F)F)CC1)Nc1ccccn1. The summed E-state index contributed by atoms with van der Waals surface area (Å²) in [6.45, 7) is 0.455. The number of hydrogen-bond acceptors (Lipinski definition) is 2. The molecule has 0 saturated heterocycles. The predicted molar refractivity (Wildman–Crippen MR) is 91.3 cm³/mol. The molecule has 1 saturated carbocycles. The molecule has 124 valence electrons. The summed E-state index contributed by atoms with van der Waals surface area (Å²) >= 11 is 0. The Hall–Kier alpha value is -1.06. The quantitative estimate of drug-likeness (QED) is 0.438.